The molecular formula is C84H105BrF12N8O11. The van der Waals surface area contributed by atoms with Gasteiger partial charge in [0.2, 0.25) is 0 Å². The van der Waals surface area contributed by atoms with Gasteiger partial charge in [-0.3, -0.25) is 14.6 Å². The maximum Gasteiger partial charge on any atom is 0.416 e. The summed E-state index contributed by atoms with van der Waals surface area (Å²) in [6.07, 6.45) is -5.07. The van der Waals surface area contributed by atoms with Gasteiger partial charge in [-0.25, -0.2) is 32.3 Å². The number of likely N-dealkylation sites (tertiary alicyclic amines) is 2. The van der Waals surface area contributed by atoms with Crippen molar-refractivity contribution in [2.45, 2.75) is 165 Å². The number of benzene rings is 5. The first-order valence-corrected chi connectivity index (χ1v) is 40.6. The number of amides is 2. The molecule has 4 N–H and O–H groups in total. The van der Waals surface area contributed by atoms with Gasteiger partial charge in [-0.1, -0.05) is 54.0 Å². The van der Waals surface area contributed by atoms with Crippen molar-refractivity contribution >= 4 is 57.2 Å². The number of carbonyl (C=O) groups excluding carboxylic acids is 3. The SMILES string of the molecule is CC(C)(C)OC(=O)N1CCNCC1.CCOC(=O)c1cccc([C@H]2CCN([C@@H]3CC[C@@](C(=O)O)(C4CC4)OC3)C[C@@H]2C)c1.C[C@H]1CN([C@@H]2CC[C@@](C(=O)N3CCN(c4cc(F)cc(C(F)(F)F)c4)CC3)(C3CC3)OC2)CC[C@@H]1c1cccc(C(=O)O)c1.Fc1cc(Br)cc(C(F)(F)F)c1.Fc1cc(N2CCNCC2)cc(C(F)(F)F)c1. The number of carbonyl (C=O) groups is 5. The van der Waals surface area contributed by atoms with Crippen molar-refractivity contribution in [2.24, 2.45) is 23.7 Å². The Morgan fingerprint density at radius 1 is 0.517 bits per heavy atom. The monoisotopic (exact) mass is 1710 g/mol. The van der Waals surface area contributed by atoms with Crippen molar-refractivity contribution in [3.63, 3.8) is 0 Å². The van der Waals surface area contributed by atoms with Gasteiger partial charge in [0.1, 0.15) is 28.7 Å². The highest BCUT2D eigenvalue weighted by atomic mass is 79.9. The van der Waals surface area contributed by atoms with E-state index in [1.54, 1.807) is 31.7 Å². The maximum atomic E-state index is 14.0. The van der Waals surface area contributed by atoms with Gasteiger partial charge in [-0.05, 0) is 230 Å². The predicted molar refractivity (Wildman–Crippen MR) is 415 cm³/mol. The topological polar surface area (TPSA) is 206 Å². The second-order valence-electron chi connectivity index (χ2n) is 32.4. The van der Waals surface area contributed by atoms with Crippen LogP contribution in [0.15, 0.2) is 108 Å². The first kappa shape index (κ1) is 90.6. The smallest absolute Gasteiger partial charge is 0.416 e. The van der Waals surface area contributed by atoms with Crippen molar-refractivity contribution in [1.29, 1.82) is 0 Å². The number of aromatic carboxylic acids is 1. The van der Waals surface area contributed by atoms with Crippen molar-refractivity contribution in [2.75, 3.05) is 134 Å². The molecule has 5 aromatic rings. The van der Waals surface area contributed by atoms with E-state index >= 15 is 0 Å². The Morgan fingerprint density at radius 2 is 0.948 bits per heavy atom. The zero-order valence-electron chi connectivity index (χ0n) is 66.1. The summed E-state index contributed by atoms with van der Waals surface area (Å²) in [5, 5.41) is 25.4. The summed E-state index contributed by atoms with van der Waals surface area (Å²) in [5.41, 5.74) is -1.47. The Labute approximate surface area is 677 Å². The van der Waals surface area contributed by atoms with Crippen molar-refractivity contribution < 1.29 is 106 Å². The molecule has 7 heterocycles. The summed E-state index contributed by atoms with van der Waals surface area (Å²) >= 11 is 2.77. The molecule has 8 atom stereocenters. The minimum absolute atomic E-state index is 0.0290. The van der Waals surface area contributed by atoms with Crippen LogP contribution < -0.4 is 20.4 Å². The van der Waals surface area contributed by atoms with Gasteiger partial charge in [0.25, 0.3) is 5.91 Å². The molecule has 2 amide bonds. The number of nitrogens with zero attached hydrogens (tertiary/aromatic N) is 6. The second-order valence-corrected chi connectivity index (χ2v) is 33.3. The molecule has 0 unspecified atom stereocenters. The molecule has 2 saturated carbocycles. The first-order chi connectivity index (χ1) is 54.7. The molecule has 7 aliphatic heterocycles. The summed E-state index contributed by atoms with van der Waals surface area (Å²) in [5.74, 6) is -2.82. The largest absolute Gasteiger partial charge is 0.479 e. The number of halogens is 13. The highest BCUT2D eigenvalue weighted by Crippen LogP contribution is 2.50. The van der Waals surface area contributed by atoms with Crippen LogP contribution in [0.1, 0.15) is 166 Å². The molecule has 0 spiro atoms. The average molecular weight is 1710 g/mol. The Kier molecular flexibility index (Phi) is 30.4. The van der Waals surface area contributed by atoms with E-state index < -0.39 is 75.8 Å². The molecular weight excluding hydrogens is 1600 g/mol. The third-order valence-electron chi connectivity index (χ3n) is 23.0. The third-order valence-corrected chi connectivity index (χ3v) is 23.5. The number of ether oxygens (including phenoxy) is 4. The number of carboxylic acid groups (broad SMARTS) is 2. The van der Waals surface area contributed by atoms with Crippen molar-refractivity contribution in [3.8, 4) is 0 Å². The summed E-state index contributed by atoms with van der Waals surface area (Å²) in [4.78, 5) is 72.7. The lowest BCUT2D eigenvalue weighted by Crippen LogP contribution is -2.61. The zero-order chi connectivity index (χ0) is 84.2. The normalized spacial score (nSPS) is 25.1. The Morgan fingerprint density at radius 3 is 1.36 bits per heavy atom. The van der Waals surface area contributed by atoms with E-state index in [9.17, 15) is 86.9 Å². The molecule has 638 valence electrons. The van der Waals surface area contributed by atoms with E-state index in [-0.39, 0.29) is 57.5 Å². The number of piperidine rings is 2. The highest BCUT2D eigenvalue weighted by Gasteiger charge is 2.57. The molecule has 0 bridgehead atoms. The number of nitrogens with one attached hydrogen (secondary N) is 2. The number of carboxylic acids is 2. The summed E-state index contributed by atoms with van der Waals surface area (Å²) in [6.45, 7) is 24.1. The average Bonchev–Trinajstić information content (AvgIpc) is 1.56. The third kappa shape index (κ3) is 24.3. The number of hydrogen-bond donors (Lipinski definition) is 4. The predicted octanol–water partition coefficient (Wildman–Crippen LogP) is 16.0. The van der Waals surface area contributed by atoms with E-state index in [1.807, 2.05) is 58.0 Å². The molecule has 116 heavy (non-hydrogen) atoms. The Balaban J connectivity index is 0.000000169. The number of anilines is 2. The van der Waals surface area contributed by atoms with Crippen LogP contribution in [-0.4, -0.2) is 213 Å². The van der Waals surface area contributed by atoms with Crippen LogP contribution in [0, 0.1) is 41.1 Å². The van der Waals surface area contributed by atoms with Crippen LogP contribution in [0.2, 0.25) is 0 Å². The number of hydrogen-bond acceptors (Lipinski definition) is 15. The zero-order valence-corrected chi connectivity index (χ0v) is 67.7. The fourth-order valence-corrected chi connectivity index (χ4v) is 17.1. The van der Waals surface area contributed by atoms with Crippen LogP contribution in [0.5, 0.6) is 0 Å². The van der Waals surface area contributed by atoms with Crippen LogP contribution >= 0.6 is 15.9 Å². The minimum atomic E-state index is -4.64. The highest BCUT2D eigenvalue weighted by molar-refractivity contribution is 9.10. The van der Waals surface area contributed by atoms with E-state index in [0.717, 1.165) is 146 Å². The van der Waals surface area contributed by atoms with E-state index in [1.165, 1.54) is 5.56 Å². The van der Waals surface area contributed by atoms with Gasteiger partial charge in [-0.2, -0.15) is 39.5 Å². The van der Waals surface area contributed by atoms with E-state index in [2.05, 4.69) is 56.3 Å². The molecule has 0 aromatic heterocycles. The van der Waals surface area contributed by atoms with Gasteiger partial charge in [-0.15, -0.1) is 0 Å². The van der Waals surface area contributed by atoms with Gasteiger partial charge >= 0.3 is 42.5 Å². The molecule has 32 heteroatoms. The number of alkyl halides is 9. The Bertz CT molecular complexity index is 4130. The molecule has 7 saturated heterocycles. The van der Waals surface area contributed by atoms with Gasteiger partial charge < -0.3 is 59.4 Å². The fourth-order valence-electron chi connectivity index (χ4n) is 16.7. The van der Waals surface area contributed by atoms with Crippen molar-refractivity contribution in [3.05, 3.63) is 164 Å². The fraction of sp³-hybridized carbons (Fsp3) is 0.583. The quantitative estimate of drug-likeness (QED) is 0.0639. The number of esters is 1. The number of piperazine rings is 3. The minimum Gasteiger partial charge on any atom is -0.479 e. The van der Waals surface area contributed by atoms with Gasteiger partial charge in [0, 0.05) is 120 Å². The molecule has 9 fully saturated rings. The standard InChI is InChI=1S/C33H39F4N3O4.C24H33NO5.C11H12F4N2.C9H18N2O2.C7H3BrF4/c1-21-19-40(10-8-29(21)22-3-2-4-23(15-22)30(41)42)27-7-9-32(44-20-27,24-5-6-24)31(43)39-13-11-38(12-14-39)28-17-25(33(35,36)37)16-26(34)18-28;1-3-29-22(26)18-6-4-5-17(13-18)21-10-12-25(14-16(21)2)20-9-11-24(23(27)28,30-15-20)19-7-8-19;12-9-5-8(11(13,14)15)6-10(7-9)17-3-1-16-2-4-17;1-9(2,3)13-8(12)11-6-4-10-5-7-11;8-5-1-4(7(10,11)12)2-6(9)3-5/h2-4,15-18,21,24,27,29H,5-14,19-20H2,1H3,(H,41,42);4-6,13,16,19-21H,3,7-12,14-15H2,1-2H3,(H,27,28);5-7,16H,1-4H2;10H,4-7H2,1-3H3;1-3H/t21-,27+,29-,32-;16-,20+,21-,24-;;;/m00.../s1. The van der Waals surface area contributed by atoms with E-state index in [4.69, 9.17) is 18.9 Å². The summed E-state index contributed by atoms with van der Waals surface area (Å²) in [7, 11) is 0. The lowest BCUT2D eigenvalue weighted by molar-refractivity contribution is -0.183. The molecule has 14 rings (SSSR count). The Hall–Kier alpha value is -7.75. The van der Waals surface area contributed by atoms with Crippen LogP contribution in [0.3, 0.4) is 0 Å². The van der Waals surface area contributed by atoms with Crippen LogP contribution in [0.4, 0.5) is 68.9 Å². The van der Waals surface area contributed by atoms with Crippen LogP contribution in [-0.2, 0) is 47.1 Å². The molecule has 9 aliphatic rings. The molecule has 5 aromatic carbocycles. The van der Waals surface area contributed by atoms with Gasteiger partial charge in [0.05, 0.1) is 47.6 Å². The van der Waals surface area contributed by atoms with Gasteiger partial charge in [0.15, 0.2) is 5.60 Å². The summed E-state index contributed by atoms with van der Waals surface area (Å²) in [6, 6.07) is 23.1. The van der Waals surface area contributed by atoms with Crippen LogP contribution in [0.25, 0.3) is 0 Å². The molecule has 2 aliphatic carbocycles. The van der Waals surface area contributed by atoms with E-state index in [0.29, 0.717) is 144 Å². The number of aliphatic carboxylic acids is 1. The first-order valence-electron chi connectivity index (χ1n) is 39.8. The summed E-state index contributed by atoms with van der Waals surface area (Å²) < 4.78 is 176. The second kappa shape index (κ2) is 39.0. The molecule has 0 radical (unpaired) electrons. The lowest BCUT2D eigenvalue weighted by Gasteiger charge is -2.48. The molecule has 19 nitrogen and oxygen atoms in total. The van der Waals surface area contributed by atoms with Crippen molar-refractivity contribution in [1.82, 2.24) is 30.2 Å². The number of rotatable bonds is 13. The lowest BCUT2D eigenvalue weighted by atomic mass is 9.79. The maximum absolute atomic E-state index is 14.0.